The Morgan fingerprint density at radius 3 is 1.23 bits per heavy atom. The van der Waals surface area contributed by atoms with E-state index >= 15 is 0 Å². The van der Waals surface area contributed by atoms with Gasteiger partial charge >= 0.3 is 144 Å². The van der Waals surface area contributed by atoms with E-state index < -0.39 is 21.8 Å². The molecule has 22 heavy (non-hydrogen) atoms. The molecule has 0 aliphatic heterocycles. The van der Waals surface area contributed by atoms with Gasteiger partial charge < -0.3 is 0 Å². The van der Waals surface area contributed by atoms with E-state index in [2.05, 4.69) is 57.2 Å². The van der Waals surface area contributed by atoms with Gasteiger partial charge in [-0.05, 0) is 0 Å². The van der Waals surface area contributed by atoms with Crippen molar-refractivity contribution in [1.82, 2.24) is 0 Å². The Hall–Kier alpha value is -0.677. The zero-order chi connectivity index (χ0) is 15.5. The summed E-state index contributed by atoms with van der Waals surface area (Å²) in [5.41, 5.74) is 5.00. The summed E-state index contributed by atoms with van der Waals surface area (Å²) >= 11 is -1.88. The first-order valence-electron chi connectivity index (χ1n) is 8.83. The fourth-order valence-electron chi connectivity index (χ4n) is 3.98. The third kappa shape index (κ3) is 2.90. The summed E-state index contributed by atoms with van der Waals surface area (Å²) in [7, 11) is 0. The molecule has 0 bridgehead atoms. The fourth-order valence-corrected chi connectivity index (χ4v) is 13.3. The molecule has 0 aromatic heterocycles. The zero-order valence-corrected chi connectivity index (χ0v) is 16.7. The van der Waals surface area contributed by atoms with Gasteiger partial charge in [0.25, 0.3) is 0 Å². The first-order valence-corrected chi connectivity index (χ1v) is 12.5. The summed E-state index contributed by atoms with van der Waals surface area (Å²) in [5.74, 6) is 0. The Labute approximate surface area is 143 Å². The van der Waals surface area contributed by atoms with E-state index in [9.17, 15) is 0 Å². The first-order chi connectivity index (χ1) is 10.8. The molecule has 1 heteroatoms. The van der Waals surface area contributed by atoms with Crippen molar-refractivity contribution in [2.75, 3.05) is 0 Å². The van der Waals surface area contributed by atoms with Crippen molar-refractivity contribution in [2.24, 2.45) is 0 Å². The van der Waals surface area contributed by atoms with Crippen molar-refractivity contribution in [3.05, 3.63) is 63.0 Å². The second-order valence-corrected chi connectivity index (χ2v) is 12.6. The zero-order valence-electron chi connectivity index (χ0n) is 14.2. The van der Waals surface area contributed by atoms with Gasteiger partial charge in [0.2, 0.25) is 0 Å². The van der Waals surface area contributed by atoms with Gasteiger partial charge in [-0.15, -0.1) is 0 Å². The number of allylic oxidation sites excluding steroid dienone is 12. The standard InChI is InChI=1S/3C7H9.Zr/c3*1-2-7-5-3-4-6-7;/h3*3,5H,2,4H2,1H3;. The van der Waals surface area contributed by atoms with Gasteiger partial charge in [-0.3, -0.25) is 0 Å². The normalized spacial score (nSPS) is 20.3. The molecule has 0 N–H and O–H groups in total. The third-order valence-corrected chi connectivity index (χ3v) is 13.5. The SMILES string of the molecule is CCC1=[C]([Zr]([C]2=C(CC)C=CC2)[C]2=C(CC)C=CC2)CC=C1. The Morgan fingerprint density at radius 1 is 0.636 bits per heavy atom. The molecule has 0 aromatic carbocycles. The van der Waals surface area contributed by atoms with Gasteiger partial charge in [0.1, 0.15) is 0 Å². The molecule has 0 amide bonds. The molecule has 0 radical (unpaired) electrons. The van der Waals surface area contributed by atoms with Crippen molar-refractivity contribution in [2.45, 2.75) is 59.3 Å². The molecule has 0 fully saturated rings. The molecular weight excluding hydrogens is 343 g/mol. The van der Waals surface area contributed by atoms with Crippen molar-refractivity contribution in [3.8, 4) is 0 Å². The molecule has 0 heterocycles. The fraction of sp³-hybridized carbons (Fsp3) is 0.429. The molecule has 115 valence electrons. The topological polar surface area (TPSA) is 0 Å². The van der Waals surface area contributed by atoms with Gasteiger partial charge in [0, 0.05) is 0 Å². The molecule has 3 aliphatic rings. The third-order valence-electron chi connectivity index (χ3n) is 5.13. The molecule has 0 saturated heterocycles. The van der Waals surface area contributed by atoms with E-state index in [1.54, 1.807) is 16.7 Å². The molecule has 0 unspecified atom stereocenters. The second-order valence-electron chi connectivity index (χ2n) is 6.27. The van der Waals surface area contributed by atoms with Crippen LogP contribution in [0.1, 0.15) is 59.3 Å². The minimum atomic E-state index is -1.88. The predicted molar refractivity (Wildman–Crippen MR) is 93.2 cm³/mol. The first kappa shape index (κ1) is 16.2. The van der Waals surface area contributed by atoms with E-state index in [0.717, 1.165) is 0 Å². The van der Waals surface area contributed by atoms with Crippen LogP contribution in [0.4, 0.5) is 0 Å². The van der Waals surface area contributed by atoms with E-state index in [1.807, 2.05) is 9.84 Å². The van der Waals surface area contributed by atoms with Gasteiger partial charge in [0.05, 0.1) is 0 Å². The average Bonchev–Trinajstić information content (AvgIpc) is 3.28. The van der Waals surface area contributed by atoms with E-state index in [-0.39, 0.29) is 0 Å². The summed E-state index contributed by atoms with van der Waals surface area (Å²) < 4.78 is 5.62. The van der Waals surface area contributed by atoms with E-state index in [0.29, 0.717) is 0 Å². The monoisotopic (exact) mass is 369 g/mol. The van der Waals surface area contributed by atoms with Crippen LogP contribution in [0.2, 0.25) is 0 Å². The molecule has 0 spiro atoms. The molecule has 0 aromatic rings. The molecule has 3 rings (SSSR count). The van der Waals surface area contributed by atoms with Gasteiger partial charge in [0.15, 0.2) is 0 Å². The predicted octanol–water partition coefficient (Wildman–Crippen LogP) is 6.48. The Morgan fingerprint density at radius 2 is 0.955 bits per heavy atom. The quantitative estimate of drug-likeness (QED) is 0.502. The second kappa shape index (κ2) is 7.26. The van der Waals surface area contributed by atoms with Gasteiger partial charge in [-0.25, -0.2) is 0 Å². The van der Waals surface area contributed by atoms with Crippen LogP contribution in [0.3, 0.4) is 0 Å². The van der Waals surface area contributed by atoms with E-state index in [1.165, 1.54) is 38.5 Å². The average molecular weight is 371 g/mol. The summed E-state index contributed by atoms with van der Waals surface area (Å²) in [4.78, 5) is 0. The van der Waals surface area contributed by atoms with Gasteiger partial charge in [-0.1, -0.05) is 0 Å². The van der Waals surface area contributed by atoms with Crippen LogP contribution < -0.4 is 0 Å². The molecule has 3 aliphatic carbocycles. The summed E-state index contributed by atoms with van der Waals surface area (Å²) in [6.07, 6.45) is 21.8. The Bertz CT molecular complexity index is 544. The summed E-state index contributed by atoms with van der Waals surface area (Å²) in [6, 6.07) is 0. The maximum absolute atomic E-state index is 2.42. The Kier molecular flexibility index (Phi) is 5.35. The molecule has 0 saturated carbocycles. The Balaban J connectivity index is 2.09. The molecular formula is C21H27Zr. The van der Waals surface area contributed by atoms with Crippen LogP contribution in [0.15, 0.2) is 63.0 Å². The van der Waals surface area contributed by atoms with Gasteiger partial charge in [-0.2, -0.15) is 0 Å². The van der Waals surface area contributed by atoms with Crippen molar-refractivity contribution >= 4 is 0 Å². The summed E-state index contributed by atoms with van der Waals surface area (Å²) in [5, 5.41) is 0. The number of hydrogen-bond acceptors (Lipinski definition) is 0. The molecule has 0 atom stereocenters. The van der Waals surface area contributed by atoms with Crippen molar-refractivity contribution in [1.29, 1.82) is 0 Å². The van der Waals surface area contributed by atoms with Crippen LogP contribution in [-0.2, 0) is 21.8 Å². The van der Waals surface area contributed by atoms with Crippen LogP contribution in [0.5, 0.6) is 0 Å². The van der Waals surface area contributed by atoms with Crippen molar-refractivity contribution in [3.63, 3.8) is 0 Å². The molecule has 0 nitrogen and oxygen atoms in total. The van der Waals surface area contributed by atoms with Crippen molar-refractivity contribution < 1.29 is 21.8 Å². The van der Waals surface area contributed by atoms with Crippen LogP contribution >= 0.6 is 0 Å². The van der Waals surface area contributed by atoms with Crippen LogP contribution in [0.25, 0.3) is 0 Å². The summed E-state index contributed by atoms with van der Waals surface area (Å²) in [6.45, 7) is 6.99. The van der Waals surface area contributed by atoms with E-state index in [4.69, 9.17) is 0 Å². The van der Waals surface area contributed by atoms with Crippen LogP contribution in [0, 0.1) is 0 Å². The maximum atomic E-state index is 2.42. The minimum absolute atomic E-state index is 1.21. The van der Waals surface area contributed by atoms with Crippen LogP contribution in [-0.4, -0.2) is 0 Å². The number of rotatable bonds is 6. The number of hydrogen-bond donors (Lipinski definition) is 0.